The highest BCUT2D eigenvalue weighted by Gasteiger charge is 2.46. The summed E-state index contributed by atoms with van der Waals surface area (Å²) < 4.78 is 19.4. The first-order valence-corrected chi connectivity index (χ1v) is 15.3. The molecule has 0 bridgehead atoms. The van der Waals surface area contributed by atoms with E-state index in [2.05, 4.69) is 33.9 Å². The predicted molar refractivity (Wildman–Crippen MR) is 165 cm³/mol. The summed E-state index contributed by atoms with van der Waals surface area (Å²) in [4.78, 5) is 30.9. The van der Waals surface area contributed by atoms with Crippen LogP contribution in [0.25, 0.3) is 16.9 Å². The van der Waals surface area contributed by atoms with Crippen molar-refractivity contribution in [3.05, 3.63) is 92.0 Å². The van der Waals surface area contributed by atoms with Crippen molar-refractivity contribution >= 4 is 23.2 Å². The molecule has 7 nitrogen and oxygen atoms in total. The maximum Gasteiger partial charge on any atom is 0.274 e. The zero-order valence-electron chi connectivity index (χ0n) is 25.1. The Bertz CT molecular complexity index is 1890. The van der Waals surface area contributed by atoms with Crippen molar-refractivity contribution in [2.75, 3.05) is 5.32 Å². The number of nitrogens with one attached hydrogen (secondary N) is 1. The van der Waals surface area contributed by atoms with Crippen LogP contribution in [0.3, 0.4) is 0 Å². The van der Waals surface area contributed by atoms with Crippen LogP contribution in [0.4, 0.5) is 10.1 Å². The van der Waals surface area contributed by atoms with Gasteiger partial charge in [0, 0.05) is 35.1 Å². The highest BCUT2D eigenvalue weighted by molar-refractivity contribution is 6.31. The lowest BCUT2D eigenvalue weighted by Crippen LogP contribution is -2.23. The van der Waals surface area contributed by atoms with Crippen LogP contribution in [-0.2, 0) is 17.8 Å². The Kier molecular flexibility index (Phi) is 6.26. The van der Waals surface area contributed by atoms with Crippen molar-refractivity contribution in [2.24, 2.45) is 10.8 Å². The zero-order valence-corrected chi connectivity index (χ0v) is 25.8. The van der Waals surface area contributed by atoms with Gasteiger partial charge in [0.1, 0.15) is 5.02 Å². The summed E-state index contributed by atoms with van der Waals surface area (Å²) in [5.41, 5.74) is 5.72. The van der Waals surface area contributed by atoms with Gasteiger partial charge in [0.15, 0.2) is 5.82 Å². The fraction of sp³-hybridized carbons (Fsp3) is 0.412. The normalized spacial score (nSPS) is 21.0. The number of hydrogen-bond acceptors (Lipinski definition) is 4. The van der Waals surface area contributed by atoms with Gasteiger partial charge in [-0.05, 0) is 97.7 Å². The topological polar surface area (TPSA) is 81.8 Å². The quantitative estimate of drug-likeness (QED) is 0.256. The number of nitrogens with zero attached hydrogens (tertiary/aromatic N) is 4. The van der Waals surface area contributed by atoms with Crippen molar-refractivity contribution < 1.29 is 9.18 Å². The van der Waals surface area contributed by atoms with E-state index in [1.165, 1.54) is 11.3 Å². The molecule has 4 heterocycles. The standard InChI is InChI=1S/C34H35ClFN5O2/c1-18-15-37-26(20-7-6-8-25(30(20)36)39-32(43)34(5)9-10-34)13-27(18)41-19(2)11-23(29(35)31(41)42)21-12-22(21)24-16-38-40-17-33(3,4)14-28(24)40/h6-8,11,13,15-16,21-22H,9-10,12,14,17H2,1-5H3,(H,39,43)/t21-,22?/m1/s1. The first-order valence-electron chi connectivity index (χ1n) is 14.9. The molecule has 2 aliphatic carbocycles. The average molecular weight is 600 g/mol. The highest BCUT2D eigenvalue weighted by atomic mass is 35.5. The van der Waals surface area contributed by atoms with Gasteiger partial charge < -0.3 is 5.32 Å². The Morgan fingerprint density at radius 1 is 1.09 bits per heavy atom. The Balaban J connectivity index is 1.21. The molecular weight excluding hydrogens is 565 g/mol. The number of aryl methyl sites for hydroxylation is 2. The van der Waals surface area contributed by atoms with Crippen molar-refractivity contribution in [3.63, 3.8) is 0 Å². The second kappa shape index (κ2) is 9.61. The first-order chi connectivity index (χ1) is 20.4. The van der Waals surface area contributed by atoms with Gasteiger partial charge in [-0.25, -0.2) is 4.39 Å². The van der Waals surface area contributed by atoms with E-state index in [1.807, 2.05) is 33.0 Å². The Labute approximate surface area is 255 Å². The lowest BCUT2D eigenvalue weighted by molar-refractivity contribution is -0.120. The van der Waals surface area contributed by atoms with Crippen LogP contribution in [0, 0.1) is 30.5 Å². The van der Waals surface area contributed by atoms with Crippen molar-refractivity contribution in [1.29, 1.82) is 0 Å². The SMILES string of the molecule is Cc1cnc(-c2cccc(NC(=O)C3(C)CC3)c2F)cc1-n1c(C)cc([C@@H]2CC2c2cnn3c2CC(C)(C)C3)c(Cl)c1=O. The molecule has 0 radical (unpaired) electrons. The second-order valence-electron chi connectivity index (χ2n) is 13.7. The van der Waals surface area contributed by atoms with Crippen LogP contribution in [-0.4, -0.2) is 25.2 Å². The second-order valence-corrected chi connectivity index (χ2v) is 14.1. The van der Waals surface area contributed by atoms with E-state index in [9.17, 15) is 9.59 Å². The van der Waals surface area contributed by atoms with E-state index in [4.69, 9.17) is 11.6 Å². The van der Waals surface area contributed by atoms with Crippen LogP contribution in [0.1, 0.15) is 79.9 Å². The Hall–Kier alpha value is -3.78. The van der Waals surface area contributed by atoms with E-state index in [0.717, 1.165) is 49.0 Å². The summed E-state index contributed by atoms with van der Waals surface area (Å²) in [5.74, 6) is -0.269. The maximum absolute atomic E-state index is 15.7. The summed E-state index contributed by atoms with van der Waals surface area (Å²) >= 11 is 6.82. The summed E-state index contributed by atoms with van der Waals surface area (Å²) in [6.45, 7) is 11.1. The van der Waals surface area contributed by atoms with Gasteiger partial charge in [-0.1, -0.05) is 38.4 Å². The molecule has 7 rings (SSSR count). The summed E-state index contributed by atoms with van der Waals surface area (Å²) in [7, 11) is 0. The largest absolute Gasteiger partial charge is 0.323 e. The van der Waals surface area contributed by atoms with E-state index < -0.39 is 11.2 Å². The summed E-state index contributed by atoms with van der Waals surface area (Å²) in [6.07, 6.45) is 7.15. The van der Waals surface area contributed by atoms with E-state index in [0.29, 0.717) is 17.3 Å². The van der Waals surface area contributed by atoms with Gasteiger partial charge in [-0.15, -0.1) is 0 Å². The molecule has 4 aromatic rings. The molecule has 1 amide bonds. The van der Waals surface area contributed by atoms with E-state index in [1.54, 1.807) is 35.0 Å². The van der Waals surface area contributed by atoms with Gasteiger partial charge >= 0.3 is 0 Å². The number of amides is 1. The number of pyridine rings is 2. The van der Waals surface area contributed by atoms with Crippen LogP contribution in [0.2, 0.25) is 5.02 Å². The van der Waals surface area contributed by atoms with Crippen LogP contribution < -0.4 is 10.9 Å². The molecule has 1 aliphatic heterocycles. The van der Waals surface area contributed by atoms with Crippen molar-refractivity contribution in [2.45, 2.75) is 78.7 Å². The minimum Gasteiger partial charge on any atom is -0.323 e. The third-order valence-corrected chi connectivity index (χ3v) is 9.92. The third kappa shape index (κ3) is 4.71. The Morgan fingerprint density at radius 3 is 2.58 bits per heavy atom. The number of rotatable bonds is 6. The van der Waals surface area contributed by atoms with Gasteiger partial charge in [0.25, 0.3) is 5.56 Å². The number of carbonyl (C=O) groups excluding carboxylic acids is 1. The predicted octanol–water partition coefficient (Wildman–Crippen LogP) is 7.10. The summed E-state index contributed by atoms with van der Waals surface area (Å²) in [5, 5.41) is 7.59. The number of aromatic nitrogens is 4. The third-order valence-electron chi connectivity index (χ3n) is 9.54. The van der Waals surface area contributed by atoms with Crippen LogP contribution >= 0.6 is 11.6 Å². The smallest absolute Gasteiger partial charge is 0.274 e. The molecule has 3 aliphatic rings. The minimum absolute atomic E-state index is 0.118. The number of carbonyl (C=O) groups is 1. The maximum atomic E-state index is 15.7. The molecule has 2 atom stereocenters. The average Bonchev–Trinajstić information content (AvgIpc) is 3.84. The molecule has 43 heavy (non-hydrogen) atoms. The van der Waals surface area contributed by atoms with Gasteiger partial charge in [-0.2, -0.15) is 5.10 Å². The molecule has 3 aromatic heterocycles. The van der Waals surface area contributed by atoms with Gasteiger partial charge in [-0.3, -0.25) is 23.8 Å². The molecule has 1 unspecified atom stereocenters. The molecule has 2 fully saturated rings. The Morgan fingerprint density at radius 2 is 1.84 bits per heavy atom. The number of halogens is 2. The van der Waals surface area contributed by atoms with Gasteiger partial charge in [0.2, 0.25) is 5.91 Å². The number of hydrogen-bond donors (Lipinski definition) is 1. The summed E-state index contributed by atoms with van der Waals surface area (Å²) in [6, 6.07) is 8.59. The molecule has 1 N–H and O–H groups in total. The number of anilines is 1. The number of benzene rings is 1. The molecule has 2 saturated carbocycles. The van der Waals surface area contributed by atoms with Crippen molar-refractivity contribution in [1.82, 2.24) is 19.3 Å². The lowest BCUT2D eigenvalue weighted by atomic mass is 9.89. The molecule has 9 heteroatoms. The van der Waals surface area contributed by atoms with Crippen molar-refractivity contribution in [3.8, 4) is 16.9 Å². The molecule has 0 spiro atoms. The molecule has 222 valence electrons. The van der Waals surface area contributed by atoms with Gasteiger partial charge in [0.05, 0.1) is 23.3 Å². The molecule has 0 saturated heterocycles. The van der Waals surface area contributed by atoms with Crippen LogP contribution in [0.15, 0.2) is 47.5 Å². The highest BCUT2D eigenvalue weighted by Crippen LogP contribution is 2.57. The van der Waals surface area contributed by atoms with E-state index in [-0.39, 0.29) is 39.1 Å². The van der Waals surface area contributed by atoms with E-state index >= 15 is 4.39 Å². The van der Waals surface area contributed by atoms with Crippen LogP contribution in [0.5, 0.6) is 0 Å². The molecule has 1 aromatic carbocycles. The first kappa shape index (κ1) is 28.0. The minimum atomic E-state index is -0.560. The zero-order chi connectivity index (χ0) is 30.4. The lowest BCUT2D eigenvalue weighted by Gasteiger charge is -2.17. The molecular formula is C34H35ClFN5O2. The fourth-order valence-corrected chi connectivity index (χ4v) is 6.86. The number of fused-ring (bicyclic) bond motifs is 1. The fourth-order valence-electron chi connectivity index (χ4n) is 6.58. The monoisotopic (exact) mass is 599 g/mol.